The molecule has 2 aliphatic heterocycles. The first kappa shape index (κ1) is 28.4. The fraction of sp³-hybridized carbons (Fsp3) is 0.615. The van der Waals surface area contributed by atoms with Crippen molar-refractivity contribution in [1.82, 2.24) is 25.8 Å². The lowest BCUT2D eigenvalue weighted by molar-refractivity contribution is -0.138. The van der Waals surface area contributed by atoms with Crippen molar-refractivity contribution in [2.45, 2.75) is 57.2 Å². The Morgan fingerprint density at radius 2 is 1.86 bits per heavy atom. The highest BCUT2D eigenvalue weighted by Crippen LogP contribution is 2.19. The molecular weight excluding hydrogens is 478 g/mol. The quantitative estimate of drug-likeness (QED) is 0.427. The number of hydrogen-bond acceptors (Lipinski definition) is 7. The number of para-hydroxylation sites is 1. The number of likely N-dealkylation sites (tertiary alicyclic amines) is 1. The van der Waals surface area contributed by atoms with Crippen LogP contribution >= 0.6 is 0 Å². The molecule has 2 heterocycles. The van der Waals surface area contributed by atoms with Gasteiger partial charge in [0.05, 0.1) is 18.2 Å². The first-order valence-corrected chi connectivity index (χ1v) is 13.0. The van der Waals surface area contributed by atoms with Gasteiger partial charge in [0.1, 0.15) is 24.4 Å². The van der Waals surface area contributed by atoms with Gasteiger partial charge in [-0.15, -0.1) is 0 Å². The van der Waals surface area contributed by atoms with E-state index in [9.17, 15) is 24.3 Å². The molecule has 4 N–H and O–H groups in total. The Labute approximate surface area is 217 Å². The second-order valence-corrected chi connectivity index (χ2v) is 9.65. The van der Waals surface area contributed by atoms with Crippen LogP contribution in [0.1, 0.15) is 49.4 Å². The molecule has 1 saturated heterocycles. The van der Waals surface area contributed by atoms with Gasteiger partial charge in [-0.2, -0.15) is 0 Å². The van der Waals surface area contributed by atoms with E-state index in [1.54, 1.807) is 31.3 Å². The third kappa shape index (κ3) is 8.43. The van der Waals surface area contributed by atoms with Crippen molar-refractivity contribution in [3.05, 3.63) is 29.8 Å². The first-order chi connectivity index (χ1) is 17.8. The summed E-state index contributed by atoms with van der Waals surface area (Å²) in [5, 5.41) is 18.3. The molecule has 1 aromatic carbocycles. The Balaban J connectivity index is 1.76. The van der Waals surface area contributed by atoms with Crippen LogP contribution in [0.2, 0.25) is 0 Å². The van der Waals surface area contributed by atoms with E-state index in [2.05, 4.69) is 20.9 Å². The number of amides is 4. The highest BCUT2D eigenvalue weighted by molar-refractivity contribution is 5.99. The number of piperidine rings is 1. The van der Waals surface area contributed by atoms with E-state index >= 15 is 0 Å². The first-order valence-electron chi connectivity index (χ1n) is 13.0. The number of nitrogens with one attached hydrogen (secondary N) is 3. The minimum absolute atomic E-state index is 0.0205. The van der Waals surface area contributed by atoms with Crippen molar-refractivity contribution in [3.63, 3.8) is 0 Å². The zero-order valence-electron chi connectivity index (χ0n) is 21.7. The molecule has 0 aliphatic carbocycles. The Kier molecular flexibility index (Phi) is 10.7. The van der Waals surface area contributed by atoms with Crippen LogP contribution in [0.5, 0.6) is 5.75 Å². The van der Waals surface area contributed by atoms with Gasteiger partial charge in [-0.05, 0) is 51.4 Å². The summed E-state index contributed by atoms with van der Waals surface area (Å²) in [6, 6.07) is 4.56. The maximum Gasteiger partial charge on any atom is 0.255 e. The summed E-state index contributed by atoms with van der Waals surface area (Å²) in [5.74, 6) is -1.52. The Hall–Kier alpha value is -3.18. The van der Waals surface area contributed by atoms with E-state index in [-0.39, 0.29) is 37.5 Å². The highest BCUT2D eigenvalue weighted by Gasteiger charge is 2.30. The summed E-state index contributed by atoms with van der Waals surface area (Å²) in [4.78, 5) is 55.4. The van der Waals surface area contributed by atoms with Gasteiger partial charge in [0.2, 0.25) is 17.7 Å². The van der Waals surface area contributed by atoms with Gasteiger partial charge in [0.25, 0.3) is 5.91 Å². The summed E-state index contributed by atoms with van der Waals surface area (Å²) in [7, 11) is 1.55. The Morgan fingerprint density at radius 1 is 1.14 bits per heavy atom. The van der Waals surface area contributed by atoms with Gasteiger partial charge in [-0.3, -0.25) is 19.2 Å². The van der Waals surface area contributed by atoms with Gasteiger partial charge in [0, 0.05) is 26.6 Å². The monoisotopic (exact) mass is 517 g/mol. The summed E-state index contributed by atoms with van der Waals surface area (Å²) >= 11 is 0. The number of carbonyl (C=O) groups is 4. The molecule has 3 atom stereocenters. The number of aliphatic hydroxyl groups excluding tert-OH is 1. The van der Waals surface area contributed by atoms with Crippen LogP contribution in [0.15, 0.2) is 24.3 Å². The molecule has 11 nitrogen and oxygen atoms in total. The summed E-state index contributed by atoms with van der Waals surface area (Å²) < 4.78 is 5.79. The normalized spacial score (nSPS) is 23.4. The lowest BCUT2D eigenvalue weighted by Gasteiger charge is -2.27. The lowest BCUT2D eigenvalue weighted by atomic mass is 10.1. The number of aliphatic hydroxyl groups is 1. The summed E-state index contributed by atoms with van der Waals surface area (Å²) in [6.07, 6.45) is 2.30. The Bertz CT molecular complexity index is 949. The molecule has 0 radical (unpaired) electrons. The predicted octanol–water partition coefficient (Wildman–Crippen LogP) is -0.116. The number of fused-ring (bicyclic) bond motifs is 1. The molecule has 0 unspecified atom stereocenters. The number of rotatable bonds is 5. The number of hydrogen-bond donors (Lipinski definition) is 4. The maximum atomic E-state index is 13.1. The van der Waals surface area contributed by atoms with E-state index in [1.165, 1.54) is 18.2 Å². The maximum absolute atomic E-state index is 13.1. The van der Waals surface area contributed by atoms with Crippen molar-refractivity contribution in [3.8, 4) is 5.75 Å². The zero-order chi connectivity index (χ0) is 26.8. The molecular formula is C26H39N5O6. The van der Waals surface area contributed by atoms with E-state index in [0.717, 1.165) is 32.5 Å². The van der Waals surface area contributed by atoms with Gasteiger partial charge in [-0.25, -0.2) is 0 Å². The number of carbonyl (C=O) groups excluding carboxylic acids is 4. The number of likely N-dealkylation sites (N-methyl/N-ethyl adjacent to an activating group) is 1. The summed E-state index contributed by atoms with van der Waals surface area (Å²) in [6.45, 7) is 4.85. The largest absolute Gasteiger partial charge is 0.491 e. The molecule has 37 heavy (non-hydrogen) atoms. The minimum Gasteiger partial charge on any atom is -0.491 e. The van der Waals surface area contributed by atoms with Crippen LogP contribution in [0.4, 0.5) is 0 Å². The number of ether oxygens (including phenoxy) is 1. The van der Waals surface area contributed by atoms with Gasteiger partial charge in [-0.1, -0.05) is 18.6 Å². The van der Waals surface area contributed by atoms with Crippen LogP contribution in [0.3, 0.4) is 0 Å². The van der Waals surface area contributed by atoms with Gasteiger partial charge < -0.3 is 35.6 Å². The second kappa shape index (κ2) is 13.9. The number of benzene rings is 1. The standard InChI is InChI=1S/C26H39N5O6/c1-18(32)23-26(36)30(2)16-17-37-21-9-5-4-8-19(21)24(34)28-20(10-11-22(33)29-23)25(35)27-12-15-31-13-6-3-7-14-31/h4-5,8-9,18,20,23,32H,3,6-7,10-17H2,1-2H3,(H,27,35)(H,28,34)(H,29,33)/t18-,20+,23+/m1/s1. The summed E-state index contributed by atoms with van der Waals surface area (Å²) in [5.41, 5.74) is 0.253. The van der Waals surface area contributed by atoms with Crippen molar-refractivity contribution < 1.29 is 29.0 Å². The molecule has 1 aromatic rings. The lowest BCUT2D eigenvalue weighted by Crippen LogP contribution is -2.53. The van der Waals surface area contributed by atoms with E-state index in [4.69, 9.17) is 4.74 Å². The van der Waals surface area contributed by atoms with Crippen molar-refractivity contribution in [2.24, 2.45) is 0 Å². The molecule has 11 heteroatoms. The van der Waals surface area contributed by atoms with Crippen LogP contribution in [-0.4, -0.2) is 103 Å². The van der Waals surface area contributed by atoms with E-state index < -0.39 is 35.9 Å². The third-order valence-corrected chi connectivity index (χ3v) is 6.71. The van der Waals surface area contributed by atoms with Gasteiger partial charge in [0.15, 0.2) is 0 Å². The highest BCUT2D eigenvalue weighted by atomic mass is 16.5. The van der Waals surface area contributed by atoms with Crippen molar-refractivity contribution in [2.75, 3.05) is 46.4 Å². The third-order valence-electron chi connectivity index (χ3n) is 6.71. The molecule has 0 spiro atoms. The minimum atomic E-state index is -1.14. The zero-order valence-corrected chi connectivity index (χ0v) is 21.7. The fourth-order valence-electron chi connectivity index (χ4n) is 4.48. The van der Waals surface area contributed by atoms with Crippen molar-refractivity contribution in [1.29, 1.82) is 0 Å². The van der Waals surface area contributed by atoms with Crippen molar-refractivity contribution >= 4 is 23.6 Å². The SMILES string of the molecule is C[C@@H](O)[C@@H]1NC(=O)CC[C@@H](C(=O)NCCN2CCCCC2)NC(=O)c2ccccc2OCCN(C)C1=O. The average Bonchev–Trinajstić information content (AvgIpc) is 2.89. The molecule has 2 aliphatic rings. The van der Waals surface area contributed by atoms with Crippen LogP contribution in [-0.2, 0) is 14.4 Å². The molecule has 4 amide bonds. The smallest absolute Gasteiger partial charge is 0.255 e. The van der Waals surface area contributed by atoms with Crippen LogP contribution in [0.25, 0.3) is 0 Å². The molecule has 3 rings (SSSR count). The van der Waals surface area contributed by atoms with Gasteiger partial charge >= 0.3 is 0 Å². The van der Waals surface area contributed by atoms with Crippen LogP contribution < -0.4 is 20.7 Å². The molecule has 0 aromatic heterocycles. The molecule has 1 fully saturated rings. The molecule has 0 bridgehead atoms. The molecule has 204 valence electrons. The second-order valence-electron chi connectivity index (χ2n) is 9.65. The number of nitrogens with zero attached hydrogens (tertiary/aromatic N) is 2. The van der Waals surface area contributed by atoms with Crippen LogP contribution in [0, 0.1) is 0 Å². The molecule has 0 saturated carbocycles. The van der Waals surface area contributed by atoms with E-state index in [1.807, 2.05) is 0 Å². The average molecular weight is 518 g/mol. The fourth-order valence-corrected chi connectivity index (χ4v) is 4.48. The predicted molar refractivity (Wildman–Crippen MR) is 137 cm³/mol. The topological polar surface area (TPSA) is 140 Å². The van der Waals surface area contributed by atoms with E-state index in [0.29, 0.717) is 12.3 Å². The Morgan fingerprint density at radius 3 is 2.59 bits per heavy atom.